The lowest BCUT2D eigenvalue weighted by atomic mass is 9.95. The number of hydrogen-bond acceptors (Lipinski definition) is 2. The van der Waals surface area contributed by atoms with Crippen molar-refractivity contribution in [2.24, 2.45) is 0 Å². The number of aryl methyl sites for hydroxylation is 3. The van der Waals surface area contributed by atoms with Gasteiger partial charge in [0.15, 0.2) is 0 Å². The molecule has 0 amide bonds. The van der Waals surface area contributed by atoms with Crippen LogP contribution in [0.1, 0.15) is 27.6 Å². The first-order valence-corrected chi connectivity index (χ1v) is 6.44. The average molecular weight is 255 g/mol. The highest BCUT2D eigenvalue weighted by molar-refractivity contribution is 6.21. The minimum Gasteiger partial charge on any atom is -0.376 e. The van der Waals surface area contributed by atoms with E-state index in [1.807, 2.05) is 0 Å². The molecule has 0 spiro atoms. The van der Waals surface area contributed by atoms with Crippen LogP contribution in [0.4, 0.5) is 0 Å². The van der Waals surface area contributed by atoms with Crippen LogP contribution in [-0.4, -0.2) is 25.9 Å². The third-order valence-electron chi connectivity index (χ3n) is 3.18. The topological polar surface area (TPSA) is 18.5 Å². The Balaban J connectivity index is 2.26. The molecule has 1 aromatic rings. The monoisotopic (exact) mass is 254 g/mol. The van der Waals surface area contributed by atoms with Crippen molar-refractivity contribution in [1.29, 1.82) is 0 Å². The van der Waals surface area contributed by atoms with Crippen molar-refractivity contribution >= 4 is 11.6 Å². The lowest BCUT2D eigenvalue weighted by molar-refractivity contribution is -0.0893. The third-order valence-corrected chi connectivity index (χ3v) is 3.68. The molecule has 2 atom stereocenters. The molecule has 2 nitrogen and oxygen atoms in total. The van der Waals surface area contributed by atoms with Gasteiger partial charge in [0.25, 0.3) is 0 Å². The van der Waals surface area contributed by atoms with Gasteiger partial charge in [-0.05, 0) is 37.5 Å². The highest BCUT2D eigenvalue weighted by Gasteiger charge is 2.27. The maximum atomic E-state index is 6.54. The van der Waals surface area contributed by atoms with Crippen molar-refractivity contribution < 1.29 is 9.47 Å². The van der Waals surface area contributed by atoms with Crippen molar-refractivity contribution in [3.63, 3.8) is 0 Å². The summed E-state index contributed by atoms with van der Waals surface area (Å²) in [7, 11) is 0. The smallest absolute Gasteiger partial charge is 0.101 e. The van der Waals surface area contributed by atoms with E-state index >= 15 is 0 Å². The Morgan fingerprint density at radius 1 is 1.18 bits per heavy atom. The largest absolute Gasteiger partial charge is 0.376 e. The summed E-state index contributed by atoms with van der Waals surface area (Å²) in [5.74, 6) is 0. The summed E-state index contributed by atoms with van der Waals surface area (Å²) in [5, 5.41) is -0.129. The van der Waals surface area contributed by atoms with Gasteiger partial charge in [-0.15, -0.1) is 11.6 Å². The van der Waals surface area contributed by atoms with Crippen LogP contribution in [0.3, 0.4) is 0 Å². The predicted molar refractivity (Wildman–Crippen MR) is 69.8 cm³/mol. The van der Waals surface area contributed by atoms with E-state index < -0.39 is 0 Å². The van der Waals surface area contributed by atoms with E-state index in [0.29, 0.717) is 19.8 Å². The van der Waals surface area contributed by atoms with Crippen LogP contribution in [-0.2, 0) is 9.47 Å². The molecule has 1 saturated heterocycles. The highest BCUT2D eigenvalue weighted by atomic mass is 35.5. The molecule has 1 fully saturated rings. The van der Waals surface area contributed by atoms with Gasteiger partial charge in [-0.3, -0.25) is 0 Å². The second-order valence-electron chi connectivity index (χ2n) is 4.70. The van der Waals surface area contributed by atoms with Crippen LogP contribution in [0, 0.1) is 20.8 Å². The molecule has 1 heterocycles. The maximum Gasteiger partial charge on any atom is 0.101 e. The van der Waals surface area contributed by atoms with E-state index in [1.54, 1.807) is 0 Å². The molecule has 2 unspecified atom stereocenters. The van der Waals surface area contributed by atoms with Gasteiger partial charge in [0.05, 0.1) is 25.2 Å². The molecule has 0 saturated carbocycles. The molecule has 0 bridgehead atoms. The Hall–Kier alpha value is -0.570. The fourth-order valence-corrected chi connectivity index (χ4v) is 2.98. The van der Waals surface area contributed by atoms with E-state index in [1.165, 1.54) is 22.3 Å². The van der Waals surface area contributed by atoms with Gasteiger partial charge in [-0.2, -0.15) is 0 Å². The summed E-state index contributed by atoms with van der Waals surface area (Å²) in [6.45, 7) is 8.21. The van der Waals surface area contributed by atoms with Crippen LogP contribution in [0.5, 0.6) is 0 Å². The predicted octanol–water partition coefficient (Wildman–Crippen LogP) is 3.31. The van der Waals surface area contributed by atoms with Crippen LogP contribution in [0.25, 0.3) is 0 Å². The third kappa shape index (κ3) is 2.82. The van der Waals surface area contributed by atoms with Gasteiger partial charge in [0.2, 0.25) is 0 Å². The molecule has 1 aromatic carbocycles. The maximum absolute atomic E-state index is 6.54. The molecule has 94 valence electrons. The quantitative estimate of drug-likeness (QED) is 0.754. The van der Waals surface area contributed by atoms with Crippen LogP contribution >= 0.6 is 11.6 Å². The van der Waals surface area contributed by atoms with Crippen LogP contribution in [0.15, 0.2) is 12.1 Å². The first-order chi connectivity index (χ1) is 8.09. The van der Waals surface area contributed by atoms with Crippen LogP contribution in [0.2, 0.25) is 0 Å². The average Bonchev–Trinajstić information content (AvgIpc) is 2.28. The van der Waals surface area contributed by atoms with Gasteiger partial charge in [-0.25, -0.2) is 0 Å². The van der Waals surface area contributed by atoms with E-state index in [2.05, 4.69) is 32.9 Å². The molecule has 2 rings (SSSR count). The number of rotatable bonds is 2. The van der Waals surface area contributed by atoms with Gasteiger partial charge < -0.3 is 9.47 Å². The molecule has 1 aliphatic rings. The number of hydrogen-bond donors (Lipinski definition) is 0. The standard InChI is InChI=1S/C14H19ClO2/c1-9-6-10(2)13(11(3)7-9)14(15)12-8-16-4-5-17-12/h6-7,12,14H,4-5,8H2,1-3H3. The van der Waals surface area contributed by atoms with Crippen molar-refractivity contribution in [3.05, 3.63) is 34.4 Å². The highest BCUT2D eigenvalue weighted by Crippen LogP contribution is 2.33. The SMILES string of the molecule is Cc1cc(C)c(C(Cl)C2COCCO2)c(C)c1. The fourth-order valence-electron chi connectivity index (χ4n) is 2.49. The molecule has 0 N–H and O–H groups in total. The zero-order valence-electron chi connectivity index (χ0n) is 10.6. The number of ether oxygens (including phenoxy) is 2. The van der Waals surface area contributed by atoms with E-state index in [0.717, 1.165) is 0 Å². The Labute approximate surface area is 108 Å². The fraction of sp³-hybridized carbons (Fsp3) is 0.571. The second-order valence-corrected chi connectivity index (χ2v) is 5.17. The minimum atomic E-state index is -0.129. The number of benzene rings is 1. The summed E-state index contributed by atoms with van der Waals surface area (Å²) >= 11 is 6.54. The van der Waals surface area contributed by atoms with Crippen molar-refractivity contribution in [1.82, 2.24) is 0 Å². The molecular formula is C14H19ClO2. The molecule has 3 heteroatoms. The Morgan fingerprint density at radius 3 is 2.35 bits per heavy atom. The summed E-state index contributed by atoms with van der Waals surface area (Å²) in [5.41, 5.74) is 4.93. The van der Waals surface area contributed by atoms with E-state index in [9.17, 15) is 0 Å². The van der Waals surface area contributed by atoms with Gasteiger partial charge in [-0.1, -0.05) is 17.7 Å². The first kappa shape index (κ1) is 12.9. The van der Waals surface area contributed by atoms with Gasteiger partial charge in [0.1, 0.15) is 6.10 Å². The zero-order chi connectivity index (χ0) is 12.4. The lowest BCUT2D eigenvalue weighted by Crippen LogP contribution is -2.32. The van der Waals surface area contributed by atoms with Crippen molar-refractivity contribution in [3.8, 4) is 0 Å². The van der Waals surface area contributed by atoms with Gasteiger partial charge in [0, 0.05) is 0 Å². The Bertz CT molecular complexity index is 374. The number of alkyl halides is 1. The van der Waals surface area contributed by atoms with Crippen molar-refractivity contribution in [2.75, 3.05) is 19.8 Å². The molecule has 0 aromatic heterocycles. The Morgan fingerprint density at radius 2 is 1.82 bits per heavy atom. The van der Waals surface area contributed by atoms with Crippen molar-refractivity contribution in [2.45, 2.75) is 32.3 Å². The lowest BCUT2D eigenvalue weighted by Gasteiger charge is -2.28. The summed E-state index contributed by atoms with van der Waals surface area (Å²) in [4.78, 5) is 0. The second kappa shape index (κ2) is 5.38. The number of halogens is 1. The zero-order valence-corrected chi connectivity index (χ0v) is 11.4. The molecular weight excluding hydrogens is 236 g/mol. The summed E-state index contributed by atoms with van der Waals surface area (Å²) in [6, 6.07) is 4.34. The Kier molecular flexibility index (Phi) is 4.08. The minimum absolute atomic E-state index is 0.0366. The first-order valence-electron chi connectivity index (χ1n) is 6.00. The van der Waals surface area contributed by atoms with E-state index in [-0.39, 0.29) is 11.5 Å². The molecule has 0 aliphatic carbocycles. The molecule has 0 radical (unpaired) electrons. The summed E-state index contributed by atoms with van der Waals surface area (Å²) < 4.78 is 11.1. The van der Waals surface area contributed by atoms with Gasteiger partial charge >= 0.3 is 0 Å². The summed E-state index contributed by atoms with van der Waals surface area (Å²) in [6.07, 6.45) is -0.0366. The molecule has 1 aliphatic heterocycles. The van der Waals surface area contributed by atoms with Crippen LogP contribution < -0.4 is 0 Å². The normalized spacial score (nSPS) is 22.5. The van der Waals surface area contributed by atoms with E-state index in [4.69, 9.17) is 21.1 Å². The molecule has 17 heavy (non-hydrogen) atoms.